The maximum absolute atomic E-state index is 15.2. The second-order valence-corrected chi connectivity index (χ2v) is 16.9. The third-order valence-electron chi connectivity index (χ3n) is 12.7. The summed E-state index contributed by atoms with van der Waals surface area (Å²) in [4.78, 5) is 27.9. The van der Waals surface area contributed by atoms with Gasteiger partial charge in [-0.2, -0.15) is 5.26 Å². The van der Waals surface area contributed by atoms with Gasteiger partial charge in [-0.25, -0.2) is 4.79 Å². The lowest BCUT2D eigenvalue weighted by molar-refractivity contribution is -0.224. The lowest BCUT2D eigenvalue weighted by Crippen LogP contribution is -2.80. The zero-order valence-electron chi connectivity index (χ0n) is 32.7. The zero-order valence-corrected chi connectivity index (χ0v) is 32.7. The first-order valence-corrected chi connectivity index (χ1v) is 18.8. The van der Waals surface area contributed by atoms with Crippen molar-refractivity contribution in [3.05, 3.63) is 69.1 Å². The smallest absolute Gasteiger partial charge is 0.333 e. The molecule has 8 unspecified atom stereocenters. The van der Waals surface area contributed by atoms with Crippen molar-refractivity contribution in [1.29, 1.82) is 5.26 Å². The average molecular weight is 724 g/mol. The molecular formula is C43H53N3O7. The van der Waals surface area contributed by atoms with Crippen molar-refractivity contribution in [3.63, 3.8) is 0 Å². The molecular weight excluding hydrogens is 670 g/mol. The summed E-state index contributed by atoms with van der Waals surface area (Å²) in [6.45, 7) is 16.1. The molecule has 1 spiro atoms. The Bertz CT molecular complexity index is 1990. The number of esters is 1. The molecule has 0 amide bonds. The molecule has 1 aromatic rings. The molecule has 3 aliphatic carbocycles. The Hall–Kier alpha value is -4.49. The molecule has 4 aliphatic heterocycles. The van der Waals surface area contributed by atoms with Gasteiger partial charge in [0.15, 0.2) is 17.0 Å². The van der Waals surface area contributed by atoms with Crippen molar-refractivity contribution in [3.8, 4) is 23.3 Å². The number of Topliss-reactive ketones (excluding diaryl/α,β-unsaturated/α-hetero) is 1. The summed E-state index contributed by atoms with van der Waals surface area (Å²) in [5.41, 5.74) is 8.24. The molecule has 7 aliphatic rings. The van der Waals surface area contributed by atoms with Gasteiger partial charge in [0.25, 0.3) is 0 Å². The van der Waals surface area contributed by atoms with Crippen molar-refractivity contribution in [1.82, 2.24) is 5.32 Å². The van der Waals surface area contributed by atoms with Crippen molar-refractivity contribution in [2.24, 2.45) is 29.4 Å². The van der Waals surface area contributed by atoms with Gasteiger partial charge >= 0.3 is 5.97 Å². The third-order valence-corrected chi connectivity index (χ3v) is 12.7. The topological polar surface area (TPSA) is 142 Å². The van der Waals surface area contributed by atoms with Gasteiger partial charge in [-0.15, -0.1) is 0 Å². The molecule has 3 saturated carbocycles. The summed E-state index contributed by atoms with van der Waals surface area (Å²) >= 11 is 0. The monoisotopic (exact) mass is 723 g/mol. The van der Waals surface area contributed by atoms with E-state index in [0.29, 0.717) is 41.2 Å². The van der Waals surface area contributed by atoms with Crippen LogP contribution in [0.1, 0.15) is 104 Å². The summed E-state index contributed by atoms with van der Waals surface area (Å²) in [6, 6.07) is 1.88. The molecule has 53 heavy (non-hydrogen) atoms. The minimum absolute atomic E-state index is 0.0998. The molecule has 1 aromatic carbocycles. The number of carbonyl (C=O) groups is 2. The number of hydrogen-bond donors (Lipinski definition) is 2. The number of nitrogens with one attached hydrogen (secondary N) is 1. The Kier molecular flexibility index (Phi) is 8.72. The van der Waals surface area contributed by atoms with Crippen LogP contribution in [0.2, 0.25) is 0 Å². The van der Waals surface area contributed by atoms with Crippen LogP contribution in [0.15, 0.2) is 52.4 Å². The fraction of sp³-hybridized carbons (Fsp3) is 0.558. The molecule has 10 heteroatoms. The molecule has 8 atom stereocenters. The maximum atomic E-state index is 15.2. The molecule has 3 N–H and O–H groups in total. The Balaban J connectivity index is 1.53. The fourth-order valence-electron chi connectivity index (χ4n) is 10.5. The quantitative estimate of drug-likeness (QED) is 0.154. The number of nitriles is 1. The van der Waals surface area contributed by atoms with E-state index in [0.717, 1.165) is 35.1 Å². The fourth-order valence-corrected chi connectivity index (χ4v) is 10.5. The van der Waals surface area contributed by atoms with Crippen LogP contribution in [-0.2, 0) is 25.5 Å². The number of carbonyl (C=O) groups excluding carboxylic acids is 2. The first-order chi connectivity index (χ1) is 25.0. The lowest BCUT2D eigenvalue weighted by atomic mass is 9.41. The highest BCUT2D eigenvalue weighted by Gasteiger charge is 2.86. The Morgan fingerprint density at radius 1 is 1.08 bits per heavy atom. The summed E-state index contributed by atoms with van der Waals surface area (Å²) in [6.07, 6.45) is 13.0. The second-order valence-electron chi connectivity index (χ2n) is 16.9. The van der Waals surface area contributed by atoms with E-state index in [2.05, 4.69) is 70.3 Å². The van der Waals surface area contributed by atoms with Crippen molar-refractivity contribution >= 4 is 17.8 Å². The standard InChI is InChI=1S/C43H53N3O7/c1-22(2)12-11-17-41(8)18-16-26-34(51-41)25(14-13-23(3)4)36-31(35(26)49-9)33-32-30(28(21-44)38(45)46-33)27-20-29-40(6,7)53-42(37(27)47,43(29,32)52-36)19-15-24(5)39(48)50-10/h12-13,15-16,18,27,29-30,32-33,46H,11,14,17,19-20,45H2,1-10H3/b24-15-. The largest absolute Gasteiger partial charge is 0.495 e. The zero-order chi connectivity index (χ0) is 38.4. The highest BCUT2D eigenvalue weighted by Crippen LogP contribution is 2.75. The Morgan fingerprint density at radius 2 is 1.79 bits per heavy atom. The van der Waals surface area contributed by atoms with Gasteiger partial charge in [-0.1, -0.05) is 29.4 Å². The van der Waals surface area contributed by atoms with Crippen LogP contribution < -0.4 is 25.3 Å². The van der Waals surface area contributed by atoms with Crippen molar-refractivity contribution in [2.75, 3.05) is 14.2 Å². The minimum atomic E-state index is -1.47. The number of benzene rings is 1. The van der Waals surface area contributed by atoms with E-state index in [4.69, 9.17) is 29.4 Å². The third kappa shape index (κ3) is 5.13. The molecule has 0 radical (unpaired) electrons. The number of nitrogens with zero attached hydrogens (tertiary/aromatic N) is 1. The highest BCUT2D eigenvalue weighted by atomic mass is 16.6. The van der Waals surface area contributed by atoms with E-state index < -0.39 is 52.2 Å². The predicted molar refractivity (Wildman–Crippen MR) is 201 cm³/mol. The van der Waals surface area contributed by atoms with Crippen molar-refractivity contribution in [2.45, 2.75) is 116 Å². The first-order valence-electron chi connectivity index (χ1n) is 18.8. The lowest BCUT2D eigenvalue weighted by Gasteiger charge is -2.66. The van der Waals surface area contributed by atoms with Crippen LogP contribution >= 0.6 is 0 Å². The number of rotatable bonds is 9. The molecule has 4 fully saturated rings. The summed E-state index contributed by atoms with van der Waals surface area (Å²) in [7, 11) is 2.99. The van der Waals surface area contributed by atoms with Crippen LogP contribution in [0.4, 0.5) is 0 Å². The van der Waals surface area contributed by atoms with Crippen LogP contribution in [0.25, 0.3) is 6.08 Å². The molecule has 282 valence electrons. The van der Waals surface area contributed by atoms with Gasteiger partial charge in [0.05, 0.1) is 48.6 Å². The van der Waals surface area contributed by atoms with E-state index >= 15 is 4.79 Å². The van der Waals surface area contributed by atoms with E-state index in [1.807, 2.05) is 13.8 Å². The Labute approximate surface area is 313 Å². The average Bonchev–Trinajstić information content (AvgIpc) is 3.24. The molecule has 4 heterocycles. The van der Waals surface area contributed by atoms with Crippen LogP contribution in [0.3, 0.4) is 0 Å². The minimum Gasteiger partial charge on any atom is -0.495 e. The Morgan fingerprint density at radius 3 is 2.43 bits per heavy atom. The number of methoxy groups -OCH3 is 2. The second kappa shape index (κ2) is 12.5. The van der Waals surface area contributed by atoms with E-state index in [-0.39, 0.29) is 23.9 Å². The number of nitrogens with two attached hydrogens (primary N) is 1. The SMILES string of the molecule is COC(=O)/C(C)=C\CC12OC(C)(C)C3CC(C1=O)C1C(C#N)=C(N)NC4c5c(OC)c6c(c(CC=C(C)C)c5OC32C41)OC(C)(CCC=C(C)C)C=C6. The number of ether oxygens (including phenoxy) is 5. The summed E-state index contributed by atoms with van der Waals surface area (Å²) in [5.74, 6) is -0.195. The number of hydrogen-bond acceptors (Lipinski definition) is 10. The molecule has 1 saturated heterocycles. The van der Waals surface area contributed by atoms with Crippen LogP contribution in [0, 0.1) is 35.0 Å². The normalized spacial score (nSPS) is 33.6. The number of fused-ring (bicyclic) bond motifs is 3. The van der Waals surface area contributed by atoms with E-state index in [9.17, 15) is 10.1 Å². The maximum Gasteiger partial charge on any atom is 0.333 e. The van der Waals surface area contributed by atoms with E-state index in [1.165, 1.54) is 12.7 Å². The van der Waals surface area contributed by atoms with Gasteiger partial charge in [0, 0.05) is 41.2 Å². The van der Waals surface area contributed by atoms with Crippen LogP contribution in [-0.4, -0.2) is 48.4 Å². The van der Waals surface area contributed by atoms with Gasteiger partial charge in [-0.3, -0.25) is 4.79 Å². The van der Waals surface area contributed by atoms with E-state index in [1.54, 1.807) is 20.1 Å². The molecule has 8 rings (SSSR count). The van der Waals surface area contributed by atoms with Gasteiger partial charge in [0.1, 0.15) is 28.7 Å². The van der Waals surface area contributed by atoms with Gasteiger partial charge in [-0.05, 0) is 93.2 Å². The molecule has 4 bridgehead atoms. The van der Waals surface area contributed by atoms with Crippen molar-refractivity contribution < 1.29 is 33.3 Å². The van der Waals surface area contributed by atoms with Crippen LogP contribution in [0.5, 0.6) is 17.2 Å². The first kappa shape index (κ1) is 36.9. The van der Waals surface area contributed by atoms with Gasteiger partial charge < -0.3 is 34.7 Å². The highest BCUT2D eigenvalue weighted by molar-refractivity contribution is 5.96. The summed E-state index contributed by atoms with van der Waals surface area (Å²) in [5, 5.41) is 14.1. The predicted octanol–water partition coefficient (Wildman–Crippen LogP) is 7.09. The number of allylic oxidation sites excluding steroid dienone is 5. The van der Waals surface area contributed by atoms with Gasteiger partial charge in [0.2, 0.25) is 0 Å². The molecule has 10 nitrogen and oxygen atoms in total. The summed E-state index contributed by atoms with van der Waals surface area (Å²) < 4.78 is 33.2. The molecule has 0 aromatic heterocycles. The number of ketones is 1.